The van der Waals surface area contributed by atoms with Crippen LogP contribution in [0, 0.1) is 5.82 Å². The van der Waals surface area contributed by atoms with Crippen LogP contribution in [0.2, 0.25) is 0 Å². The number of sulfonamides is 1. The molecule has 0 saturated carbocycles. The van der Waals surface area contributed by atoms with Crippen molar-refractivity contribution in [3.05, 3.63) is 89.7 Å². The third-order valence-corrected chi connectivity index (χ3v) is 5.79. The molecule has 0 bridgehead atoms. The van der Waals surface area contributed by atoms with Gasteiger partial charge in [0, 0.05) is 31.9 Å². The number of anilines is 2. The van der Waals surface area contributed by atoms with Crippen molar-refractivity contribution in [1.82, 2.24) is 5.32 Å². The lowest BCUT2D eigenvalue weighted by Gasteiger charge is -2.13. The quantitative estimate of drug-likeness (QED) is 0.604. The number of nitrogens with zero attached hydrogens (tertiary/aromatic N) is 1. The van der Waals surface area contributed by atoms with E-state index in [1.54, 1.807) is 0 Å². The van der Waals surface area contributed by atoms with Gasteiger partial charge >= 0.3 is 0 Å². The zero-order valence-electron chi connectivity index (χ0n) is 16.6. The van der Waals surface area contributed by atoms with E-state index in [0.29, 0.717) is 6.54 Å². The molecule has 156 valence electrons. The van der Waals surface area contributed by atoms with Crippen LogP contribution in [0.1, 0.15) is 15.9 Å². The molecule has 3 rings (SSSR count). The number of nitrogens with one attached hydrogen (secondary N) is 2. The maximum absolute atomic E-state index is 13.8. The average molecular weight is 428 g/mol. The first-order valence-electron chi connectivity index (χ1n) is 9.18. The zero-order valence-corrected chi connectivity index (χ0v) is 17.4. The molecule has 2 N–H and O–H groups in total. The fourth-order valence-electron chi connectivity index (χ4n) is 2.75. The molecule has 6 nitrogen and oxygen atoms in total. The van der Waals surface area contributed by atoms with Crippen LogP contribution in [0.5, 0.6) is 0 Å². The van der Waals surface area contributed by atoms with Crippen LogP contribution in [0.25, 0.3) is 0 Å². The van der Waals surface area contributed by atoms with Crippen molar-refractivity contribution in [2.24, 2.45) is 0 Å². The number of para-hydroxylation sites is 1. The summed E-state index contributed by atoms with van der Waals surface area (Å²) in [6, 6.07) is 18.8. The van der Waals surface area contributed by atoms with Gasteiger partial charge in [0.25, 0.3) is 15.9 Å². The van der Waals surface area contributed by atoms with Gasteiger partial charge in [0.2, 0.25) is 0 Å². The van der Waals surface area contributed by atoms with Gasteiger partial charge in [-0.25, -0.2) is 12.8 Å². The minimum absolute atomic E-state index is 0.131. The zero-order chi connectivity index (χ0) is 21.7. The van der Waals surface area contributed by atoms with Gasteiger partial charge in [0.1, 0.15) is 5.82 Å². The Bertz CT molecular complexity index is 1150. The van der Waals surface area contributed by atoms with E-state index < -0.39 is 21.7 Å². The fraction of sp³-hybridized carbons (Fsp3) is 0.136. The lowest BCUT2D eigenvalue weighted by atomic mass is 10.1. The Kier molecular flexibility index (Phi) is 6.37. The smallest absolute Gasteiger partial charge is 0.262 e. The standard InChI is InChI=1S/C22H22FN3O3S/c1-26(2)18-12-10-16(11-13-18)15-24-22(27)17-6-5-7-19(14-17)30(28,29)25-21-9-4-3-8-20(21)23/h3-14,25H,15H2,1-2H3,(H,24,27). The lowest BCUT2D eigenvalue weighted by Crippen LogP contribution is -2.23. The van der Waals surface area contributed by atoms with Gasteiger partial charge in [-0.05, 0) is 48.0 Å². The van der Waals surface area contributed by atoms with Crippen molar-refractivity contribution in [1.29, 1.82) is 0 Å². The molecule has 30 heavy (non-hydrogen) atoms. The molecule has 0 aliphatic heterocycles. The Hall–Kier alpha value is -3.39. The molecule has 1 amide bonds. The van der Waals surface area contributed by atoms with Gasteiger partial charge in [0.05, 0.1) is 10.6 Å². The highest BCUT2D eigenvalue weighted by atomic mass is 32.2. The summed E-state index contributed by atoms with van der Waals surface area (Å²) in [5.74, 6) is -1.09. The van der Waals surface area contributed by atoms with E-state index in [4.69, 9.17) is 0 Å². The first-order chi connectivity index (χ1) is 14.3. The minimum Gasteiger partial charge on any atom is -0.378 e. The largest absolute Gasteiger partial charge is 0.378 e. The molecule has 0 spiro atoms. The van der Waals surface area contributed by atoms with Crippen molar-refractivity contribution in [3.8, 4) is 0 Å². The fourth-order valence-corrected chi connectivity index (χ4v) is 3.86. The van der Waals surface area contributed by atoms with Crippen LogP contribution < -0.4 is 14.9 Å². The van der Waals surface area contributed by atoms with E-state index >= 15 is 0 Å². The van der Waals surface area contributed by atoms with Gasteiger partial charge in [-0.3, -0.25) is 9.52 Å². The number of hydrogen-bond acceptors (Lipinski definition) is 4. The second-order valence-electron chi connectivity index (χ2n) is 6.86. The summed E-state index contributed by atoms with van der Waals surface area (Å²) in [5.41, 5.74) is 1.99. The summed E-state index contributed by atoms with van der Waals surface area (Å²) in [6.07, 6.45) is 0. The van der Waals surface area contributed by atoms with E-state index in [1.165, 1.54) is 42.5 Å². The average Bonchev–Trinajstić information content (AvgIpc) is 2.74. The molecular weight excluding hydrogens is 405 g/mol. The number of hydrogen-bond donors (Lipinski definition) is 2. The summed E-state index contributed by atoms with van der Waals surface area (Å²) < 4.78 is 41.1. The van der Waals surface area contributed by atoms with E-state index in [-0.39, 0.29) is 16.1 Å². The Morgan fingerprint density at radius 3 is 2.33 bits per heavy atom. The third kappa shape index (κ3) is 5.15. The highest BCUT2D eigenvalue weighted by molar-refractivity contribution is 7.92. The first kappa shape index (κ1) is 21.3. The van der Waals surface area contributed by atoms with Crippen LogP contribution in [-0.4, -0.2) is 28.4 Å². The molecule has 0 saturated heterocycles. The molecular formula is C22H22FN3O3S. The predicted molar refractivity (Wildman–Crippen MR) is 116 cm³/mol. The van der Waals surface area contributed by atoms with Gasteiger partial charge in [-0.15, -0.1) is 0 Å². The number of carbonyl (C=O) groups excluding carboxylic acids is 1. The van der Waals surface area contributed by atoms with Crippen molar-refractivity contribution >= 4 is 27.3 Å². The molecule has 0 aromatic heterocycles. The molecule has 0 fully saturated rings. The van der Waals surface area contributed by atoms with Crippen molar-refractivity contribution in [3.63, 3.8) is 0 Å². The molecule has 3 aromatic carbocycles. The maximum atomic E-state index is 13.8. The summed E-state index contributed by atoms with van der Waals surface area (Å²) in [5, 5.41) is 2.77. The molecule has 0 aliphatic rings. The van der Waals surface area contributed by atoms with Crippen molar-refractivity contribution in [2.45, 2.75) is 11.4 Å². The highest BCUT2D eigenvalue weighted by Crippen LogP contribution is 2.20. The topological polar surface area (TPSA) is 78.5 Å². The van der Waals surface area contributed by atoms with Gasteiger partial charge in [-0.1, -0.05) is 30.3 Å². The third-order valence-electron chi connectivity index (χ3n) is 4.43. The Balaban J connectivity index is 1.71. The number of rotatable bonds is 7. The van der Waals surface area contributed by atoms with Gasteiger partial charge < -0.3 is 10.2 Å². The second-order valence-corrected chi connectivity index (χ2v) is 8.54. The van der Waals surface area contributed by atoms with E-state index in [0.717, 1.165) is 17.3 Å². The Morgan fingerprint density at radius 1 is 0.967 bits per heavy atom. The summed E-state index contributed by atoms with van der Waals surface area (Å²) in [6.45, 7) is 0.303. The molecule has 0 atom stereocenters. The van der Waals surface area contributed by atoms with Crippen LogP contribution in [-0.2, 0) is 16.6 Å². The number of benzene rings is 3. The van der Waals surface area contributed by atoms with Crippen molar-refractivity contribution in [2.75, 3.05) is 23.7 Å². The molecule has 0 radical (unpaired) electrons. The monoisotopic (exact) mass is 427 g/mol. The second kappa shape index (κ2) is 8.96. The molecule has 3 aromatic rings. The maximum Gasteiger partial charge on any atom is 0.262 e. The van der Waals surface area contributed by atoms with Crippen LogP contribution in [0.4, 0.5) is 15.8 Å². The SMILES string of the molecule is CN(C)c1ccc(CNC(=O)c2cccc(S(=O)(=O)Nc3ccccc3F)c2)cc1. The summed E-state index contributed by atoms with van der Waals surface area (Å²) in [4.78, 5) is 14.3. The van der Waals surface area contributed by atoms with Gasteiger partial charge in [0.15, 0.2) is 0 Å². The minimum atomic E-state index is -4.05. The number of carbonyl (C=O) groups is 1. The van der Waals surface area contributed by atoms with Crippen LogP contribution in [0.15, 0.2) is 77.7 Å². The number of amides is 1. The predicted octanol–water partition coefficient (Wildman–Crippen LogP) is 3.62. The number of halogens is 1. The molecule has 8 heteroatoms. The highest BCUT2D eigenvalue weighted by Gasteiger charge is 2.18. The molecule has 0 aliphatic carbocycles. The van der Waals surface area contributed by atoms with Crippen LogP contribution >= 0.6 is 0 Å². The summed E-state index contributed by atoms with van der Waals surface area (Å²) in [7, 11) is -0.160. The van der Waals surface area contributed by atoms with E-state index in [2.05, 4.69) is 10.0 Å². The van der Waals surface area contributed by atoms with Gasteiger partial charge in [-0.2, -0.15) is 0 Å². The van der Waals surface area contributed by atoms with Crippen molar-refractivity contribution < 1.29 is 17.6 Å². The first-order valence-corrected chi connectivity index (χ1v) is 10.7. The normalized spacial score (nSPS) is 11.0. The lowest BCUT2D eigenvalue weighted by molar-refractivity contribution is 0.0950. The molecule has 0 heterocycles. The van der Waals surface area contributed by atoms with Crippen LogP contribution in [0.3, 0.4) is 0 Å². The molecule has 0 unspecified atom stereocenters. The summed E-state index contributed by atoms with van der Waals surface area (Å²) >= 11 is 0. The Labute approximate surface area is 175 Å². The van der Waals surface area contributed by atoms with E-state index in [1.807, 2.05) is 43.3 Å². The van der Waals surface area contributed by atoms with E-state index in [9.17, 15) is 17.6 Å². The Morgan fingerprint density at radius 2 is 1.67 bits per heavy atom.